The molecule has 1 aliphatic rings. The van der Waals surface area contributed by atoms with Gasteiger partial charge in [0.05, 0.1) is 6.10 Å². The van der Waals surface area contributed by atoms with E-state index in [1.165, 1.54) is 12.5 Å². The van der Waals surface area contributed by atoms with Crippen molar-refractivity contribution < 1.29 is 5.11 Å². The van der Waals surface area contributed by atoms with Crippen molar-refractivity contribution in [2.24, 2.45) is 0 Å². The molecule has 0 unspecified atom stereocenters. The number of nitrogens with one attached hydrogen (secondary N) is 2. The Hall–Kier alpha value is -2.74. The Morgan fingerprint density at radius 1 is 1.22 bits per heavy atom. The van der Waals surface area contributed by atoms with Gasteiger partial charge in [-0.3, -0.25) is 0 Å². The molecular formula is C15H19N7O. The minimum Gasteiger partial charge on any atom is -0.398 e. The van der Waals surface area contributed by atoms with Gasteiger partial charge in [-0.2, -0.15) is 0 Å². The number of rotatable bonds is 4. The number of piperidine rings is 1. The van der Waals surface area contributed by atoms with Crippen LogP contribution in [0.1, 0.15) is 18.4 Å². The SMILES string of the molecule is N=Cc1cnc(Nc2cc(N3CCC(O)CC3)ncn2)cc1N. The highest BCUT2D eigenvalue weighted by Gasteiger charge is 2.18. The predicted molar refractivity (Wildman–Crippen MR) is 89.3 cm³/mol. The summed E-state index contributed by atoms with van der Waals surface area (Å²) < 4.78 is 0. The second-order valence-electron chi connectivity index (χ2n) is 5.45. The maximum absolute atomic E-state index is 9.58. The molecule has 0 aliphatic carbocycles. The molecule has 8 heteroatoms. The van der Waals surface area contributed by atoms with Crippen molar-refractivity contribution in [3.05, 3.63) is 30.2 Å². The van der Waals surface area contributed by atoms with E-state index in [0.717, 1.165) is 31.7 Å². The summed E-state index contributed by atoms with van der Waals surface area (Å²) in [5, 5.41) is 19.9. The molecule has 5 N–H and O–H groups in total. The molecule has 0 spiro atoms. The molecule has 3 heterocycles. The third-order valence-electron chi connectivity index (χ3n) is 3.82. The van der Waals surface area contributed by atoms with Crippen LogP contribution in [0.3, 0.4) is 0 Å². The summed E-state index contributed by atoms with van der Waals surface area (Å²) in [4.78, 5) is 14.8. The number of hydrogen-bond acceptors (Lipinski definition) is 8. The average molecular weight is 313 g/mol. The molecule has 0 bridgehead atoms. The topological polar surface area (TPSA) is 124 Å². The lowest BCUT2D eigenvalue weighted by atomic mass is 10.1. The van der Waals surface area contributed by atoms with E-state index in [-0.39, 0.29) is 6.10 Å². The van der Waals surface area contributed by atoms with Crippen LogP contribution in [-0.2, 0) is 0 Å². The quantitative estimate of drug-likeness (QED) is 0.624. The van der Waals surface area contributed by atoms with Gasteiger partial charge in [0.2, 0.25) is 0 Å². The molecule has 0 radical (unpaired) electrons. The number of nitrogens with two attached hydrogens (primary N) is 1. The van der Waals surface area contributed by atoms with Crippen LogP contribution in [0.2, 0.25) is 0 Å². The zero-order valence-corrected chi connectivity index (χ0v) is 12.6. The monoisotopic (exact) mass is 313 g/mol. The number of nitrogens with zero attached hydrogens (tertiary/aromatic N) is 4. The van der Waals surface area contributed by atoms with Crippen molar-refractivity contribution in [1.29, 1.82) is 5.41 Å². The van der Waals surface area contributed by atoms with Crippen molar-refractivity contribution in [2.75, 3.05) is 29.0 Å². The number of aliphatic hydroxyl groups is 1. The van der Waals surface area contributed by atoms with Crippen molar-refractivity contribution in [1.82, 2.24) is 15.0 Å². The zero-order valence-electron chi connectivity index (χ0n) is 12.6. The van der Waals surface area contributed by atoms with Gasteiger partial charge in [0.15, 0.2) is 0 Å². The summed E-state index contributed by atoms with van der Waals surface area (Å²) in [5.74, 6) is 2.00. The first-order valence-corrected chi connectivity index (χ1v) is 7.44. The maximum atomic E-state index is 9.58. The van der Waals surface area contributed by atoms with Crippen molar-refractivity contribution >= 4 is 29.4 Å². The van der Waals surface area contributed by atoms with Gasteiger partial charge in [-0.15, -0.1) is 0 Å². The minimum absolute atomic E-state index is 0.217. The second kappa shape index (κ2) is 6.57. The Bertz CT molecular complexity index is 698. The van der Waals surface area contributed by atoms with Crippen LogP contribution in [-0.4, -0.2) is 45.5 Å². The fourth-order valence-corrected chi connectivity index (χ4v) is 2.48. The normalized spacial score (nSPS) is 15.4. The molecule has 120 valence electrons. The molecule has 0 aromatic carbocycles. The first-order chi connectivity index (χ1) is 11.2. The third kappa shape index (κ3) is 3.54. The fraction of sp³-hybridized carbons (Fsp3) is 0.333. The van der Waals surface area contributed by atoms with E-state index >= 15 is 0 Å². The fourth-order valence-electron chi connectivity index (χ4n) is 2.48. The summed E-state index contributed by atoms with van der Waals surface area (Å²) in [6.45, 7) is 1.55. The van der Waals surface area contributed by atoms with Gasteiger partial charge in [0.1, 0.15) is 23.8 Å². The number of pyridine rings is 1. The molecule has 8 nitrogen and oxygen atoms in total. The van der Waals surface area contributed by atoms with Crippen LogP contribution in [0.4, 0.5) is 23.1 Å². The lowest BCUT2D eigenvalue weighted by Gasteiger charge is -2.30. The van der Waals surface area contributed by atoms with E-state index < -0.39 is 0 Å². The molecule has 2 aromatic rings. The van der Waals surface area contributed by atoms with Gasteiger partial charge in [-0.25, -0.2) is 15.0 Å². The van der Waals surface area contributed by atoms with Crippen LogP contribution >= 0.6 is 0 Å². The van der Waals surface area contributed by atoms with E-state index in [0.29, 0.717) is 22.9 Å². The van der Waals surface area contributed by atoms with Gasteiger partial charge >= 0.3 is 0 Å². The summed E-state index contributed by atoms with van der Waals surface area (Å²) in [5.41, 5.74) is 6.91. The maximum Gasteiger partial charge on any atom is 0.137 e. The van der Waals surface area contributed by atoms with Crippen LogP contribution in [0, 0.1) is 5.41 Å². The van der Waals surface area contributed by atoms with Crippen LogP contribution in [0.5, 0.6) is 0 Å². The molecule has 0 amide bonds. The average Bonchev–Trinajstić information content (AvgIpc) is 2.56. The largest absolute Gasteiger partial charge is 0.398 e. The summed E-state index contributed by atoms with van der Waals surface area (Å²) in [6, 6.07) is 3.51. The van der Waals surface area contributed by atoms with Gasteiger partial charge < -0.3 is 26.5 Å². The first-order valence-electron chi connectivity index (χ1n) is 7.44. The number of hydrogen-bond donors (Lipinski definition) is 4. The molecule has 3 rings (SSSR count). The predicted octanol–water partition coefficient (Wildman–Crippen LogP) is 1.16. The zero-order chi connectivity index (χ0) is 16.2. The molecule has 1 saturated heterocycles. The number of aromatic nitrogens is 3. The molecule has 1 aliphatic heterocycles. The second-order valence-corrected chi connectivity index (χ2v) is 5.45. The van der Waals surface area contributed by atoms with Gasteiger partial charge in [0, 0.05) is 48.9 Å². The van der Waals surface area contributed by atoms with Crippen LogP contribution in [0.15, 0.2) is 24.7 Å². The Balaban J connectivity index is 1.75. The highest BCUT2D eigenvalue weighted by Crippen LogP contribution is 2.22. The molecular weight excluding hydrogens is 294 g/mol. The minimum atomic E-state index is -0.217. The number of nitrogen functional groups attached to an aromatic ring is 1. The molecule has 0 atom stereocenters. The summed E-state index contributed by atoms with van der Waals surface area (Å²) >= 11 is 0. The van der Waals surface area contributed by atoms with E-state index in [1.807, 2.05) is 6.07 Å². The number of anilines is 4. The van der Waals surface area contributed by atoms with Gasteiger partial charge in [0.25, 0.3) is 0 Å². The first kappa shape index (κ1) is 15.2. The molecule has 1 fully saturated rings. The smallest absolute Gasteiger partial charge is 0.137 e. The highest BCUT2D eigenvalue weighted by atomic mass is 16.3. The molecule has 2 aromatic heterocycles. The van der Waals surface area contributed by atoms with Crippen LogP contribution < -0.4 is 16.0 Å². The molecule has 23 heavy (non-hydrogen) atoms. The summed E-state index contributed by atoms with van der Waals surface area (Å²) in [6.07, 6.45) is 5.48. The Morgan fingerprint density at radius 2 is 1.96 bits per heavy atom. The molecule has 0 saturated carbocycles. The standard InChI is InChI=1S/C15H19N7O/c16-7-10-8-18-13(5-12(10)17)21-14-6-15(20-9-19-14)22-3-1-11(23)2-4-22/h5-9,11,16,23H,1-4H2,(H3,17,18,19,20,21). The third-order valence-corrected chi connectivity index (χ3v) is 3.82. The highest BCUT2D eigenvalue weighted by molar-refractivity contribution is 5.85. The Morgan fingerprint density at radius 3 is 2.65 bits per heavy atom. The van der Waals surface area contributed by atoms with Gasteiger partial charge in [-0.05, 0) is 12.8 Å². The lowest BCUT2D eigenvalue weighted by molar-refractivity contribution is 0.145. The Kier molecular flexibility index (Phi) is 4.33. The lowest BCUT2D eigenvalue weighted by Crippen LogP contribution is -2.36. The van der Waals surface area contributed by atoms with Crippen molar-refractivity contribution in [3.63, 3.8) is 0 Å². The summed E-state index contributed by atoms with van der Waals surface area (Å²) in [7, 11) is 0. The van der Waals surface area contributed by atoms with E-state index in [4.69, 9.17) is 11.1 Å². The van der Waals surface area contributed by atoms with E-state index in [9.17, 15) is 5.11 Å². The number of aliphatic hydroxyl groups excluding tert-OH is 1. The Labute approximate surface area is 133 Å². The van der Waals surface area contributed by atoms with Crippen molar-refractivity contribution in [3.8, 4) is 0 Å². The van der Waals surface area contributed by atoms with E-state index in [1.54, 1.807) is 12.3 Å². The van der Waals surface area contributed by atoms with Crippen molar-refractivity contribution in [2.45, 2.75) is 18.9 Å². The van der Waals surface area contributed by atoms with E-state index in [2.05, 4.69) is 25.2 Å². The van der Waals surface area contributed by atoms with Crippen LogP contribution in [0.25, 0.3) is 0 Å². The van der Waals surface area contributed by atoms with Gasteiger partial charge in [-0.1, -0.05) is 0 Å².